The molecule has 0 fully saturated rings. The fraction of sp³-hybridized carbons (Fsp3) is 0.588. The number of aliphatic hydroxyl groups excluding tert-OH is 1. The largest absolute Gasteiger partial charge is 0.393 e. The number of aryl methyl sites for hydroxylation is 1. The highest BCUT2D eigenvalue weighted by atomic mass is 16.3. The fourth-order valence-corrected chi connectivity index (χ4v) is 2.70. The van der Waals surface area contributed by atoms with Gasteiger partial charge in [0.1, 0.15) is 11.6 Å². The van der Waals surface area contributed by atoms with Gasteiger partial charge in [0.15, 0.2) is 0 Å². The molecule has 1 rings (SSSR count). The monoisotopic (exact) mass is 319 g/mol. The summed E-state index contributed by atoms with van der Waals surface area (Å²) < 4.78 is 0. The molecule has 2 unspecified atom stereocenters. The van der Waals surface area contributed by atoms with E-state index in [1.165, 1.54) is 0 Å². The number of aliphatic hydroxyl groups is 1. The molecule has 0 aromatic carbocycles. The Kier molecular flexibility index (Phi) is 6.98. The molecule has 0 saturated heterocycles. The number of pyridine rings is 1. The number of amides is 1. The van der Waals surface area contributed by atoms with Crippen LogP contribution in [0, 0.1) is 31.1 Å². The van der Waals surface area contributed by atoms with Crippen LogP contribution in [0.3, 0.4) is 0 Å². The summed E-state index contributed by atoms with van der Waals surface area (Å²) in [5, 5.41) is 21.2. The highest BCUT2D eigenvalue weighted by Crippen LogP contribution is 2.15. The lowest BCUT2D eigenvalue weighted by atomic mass is 9.99. The molecule has 0 spiro atoms. The Balaban J connectivity index is 2.64. The molecule has 0 saturated carbocycles. The number of aromatic amines is 1. The van der Waals surface area contributed by atoms with E-state index in [0.717, 1.165) is 5.56 Å². The number of H-pyrrole nitrogens is 1. The number of hydrogen-bond acceptors (Lipinski definition) is 4. The summed E-state index contributed by atoms with van der Waals surface area (Å²) in [4.78, 5) is 26.3. The van der Waals surface area contributed by atoms with E-state index in [4.69, 9.17) is 5.26 Å². The first-order chi connectivity index (χ1) is 10.8. The summed E-state index contributed by atoms with van der Waals surface area (Å²) in [6.45, 7) is 7.73. The first kappa shape index (κ1) is 18.9. The van der Waals surface area contributed by atoms with Crippen molar-refractivity contribution in [2.75, 3.05) is 6.54 Å². The predicted molar refractivity (Wildman–Crippen MR) is 88.0 cm³/mol. The van der Waals surface area contributed by atoms with Gasteiger partial charge in [-0.1, -0.05) is 6.92 Å². The van der Waals surface area contributed by atoms with E-state index in [9.17, 15) is 14.7 Å². The summed E-state index contributed by atoms with van der Waals surface area (Å²) in [5.74, 6) is 0.131. The van der Waals surface area contributed by atoms with Crippen molar-refractivity contribution in [3.63, 3.8) is 0 Å². The molecular weight excluding hydrogens is 294 g/mol. The van der Waals surface area contributed by atoms with Gasteiger partial charge >= 0.3 is 0 Å². The van der Waals surface area contributed by atoms with Crippen molar-refractivity contribution in [1.82, 2.24) is 10.3 Å². The molecule has 1 amide bonds. The van der Waals surface area contributed by atoms with E-state index in [0.29, 0.717) is 37.1 Å². The summed E-state index contributed by atoms with van der Waals surface area (Å²) in [6.07, 6.45) is 1.03. The predicted octanol–water partition coefficient (Wildman–Crippen LogP) is 1.32. The molecule has 1 aromatic rings. The minimum Gasteiger partial charge on any atom is -0.393 e. The van der Waals surface area contributed by atoms with Crippen LogP contribution in [0.25, 0.3) is 0 Å². The van der Waals surface area contributed by atoms with E-state index < -0.39 is 0 Å². The van der Waals surface area contributed by atoms with Crippen molar-refractivity contribution in [2.45, 2.75) is 53.1 Å². The molecular formula is C17H25N3O3. The summed E-state index contributed by atoms with van der Waals surface area (Å²) >= 11 is 0. The zero-order valence-electron chi connectivity index (χ0n) is 14.2. The van der Waals surface area contributed by atoms with Gasteiger partial charge in [-0.05, 0) is 50.7 Å². The topological polar surface area (TPSA) is 106 Å². The van der Waals surface area contributed by atoms with E-state index in [-0.39, 0.29) is 29.1 Å². The van der Waals surface area contributed by atoms with Gasteiger partial charge in [-0.15, -0.1) is 0 Å². The number of carbonyl (C=O) groups excluding carboxylic acids is 1. The standard InChI is InChI=1S/C17H25N3O3/c1-10(7-11(2)21)9-19-16(22)6-5-14-12(3)15(8-18)17(23)20-13(14)4/h10-11,21H,5-7,9H2,1-4H3,(H,19,22)(H,20,23). The Morgan fingerprint density at radius 1 is 1.39 bits per heavy atom. The van der Waals surface area contributed by atoms with E-state index in [1.54, 1.807) is 20.8 Å². The van der Waals surface area contributed by atoms with Crippen LogP contribution in [-0.2, 0) is 11.2 Å². The fourth-order valence-electron chi connectivity index (χ4n) is 2.70. The van der Waals surface area contributed by atoms with Gasteiger partial charge in [0.25, 0.3) is 5.56 Å². The summed E-state index contributed by atoms with van der Waals surface area (Å²) in [5.41, 5.74) is 1.90. The van der Waals surface area contributed by atoms with Crippen molar-refractivity contribution < 1.29 is 9.90 Å². The zero-order chi connectivity index (χ0) is 17.6. The van der Waals surface area contributed by atoms with Gasteiger partial charge in [-0.25, -0.2) is 0 Å². The molecule has 2 atom stereocenters. The highest BCUT2D eigenvalue weighted by molar-refractivity contribution is 5.76. The summed E-state index contributed by atoms with van der Waals surface area (Å²) in [6, 6.07) is 1.91. The number of aromatic nitrogens is 1. The normalized spacial score (nSPS) is 13.2. The number of rotatable bonds is 7. The highest BCUT2D eigenvalue weighted by Gasteiger charge is 2.14. The third-order valence-electron chi connectivity index (χ3n) is 3.91. The number of nitrogens with one attached hydrogen (secondary N) is 2. The van der Waals surface area contributed by atoms with Crippen molar-refractivity contribution in [3.05, 3.63) is 32.7 Å². The van der Waals surface area contributed by atoms with Crippen molar-refractivity contribution in [3.8, 4) is 6.07 Å². The molecule has 0 radical (unpaired) electrons. The molecule has 1 aromatic heterocycles. The number of nitrogens with zero attached hydrogens (tertiary/aromatic N) is 1. The van der Waals surface area contributed by atoms with Crippen molar-refractivity contribution in [1.29, 1.82) is 5.26 Å². The Morgan fingerprint density at radius 2 is 2.04 bits per heavy atom. The Bertz CT molecular complexity index is 656. The van der Waals surface area contributed by atoms with Crippen molar-refractivity contribution >= 4 is 5.91 Å². The third kappa shape index (κ3) is 5.53. The second-order valence-electron chi connectivity index (χ2n) is 6.16. The third-order valence-corrected chi connectivity index (χ3v) is 3.91. The molecule has 1 heterocycles. The quantitative estimate of drug-likeness (QED) is 0.704. The maximum atomic E-state index is 11.9. The van der Waals surface area contributed by atoms with Crippen LogP contribution < -0.4 is 10.9 Å². The van der Waals surface area contributed by atoms with Crippen LogP contribution in [-0.4, -0.2) is 28.6 Å². The van der Waals surface area contributed by atoms with Crippen LogP contribution in [0.2, 0.25) is 0 Å². The van der Waals surface area contributed by atoms with Gasteiger partial charge in [-0.3, -0.25) is 9.59 Å². The minimum atomic E-state index is -0.386. The molecule has 0 aliphatic rings. The average Bonchev–Trinajstić information content (AvgIpc) is 2.44. The van der Waals surface area contributed by atoms with E-state index in [1.807, 2.05) is 13.0 Å². The lowest BCUT2D eigenvalue weighted by Crippen LogP contribution is -2.30. The van der Waals surface area contributed by atoms with Crippen LogP contribution in [0.15, 0.2) is 4.79 Å². The second kappa shape index (κ2) is 8.49. The van der Waals surface area contributed by atoms with Crippen LogP contribution in [0.4, 0.5) is 0 Å². The number of hydrogen-bond donors (Lipinski definition) is 3. The minimum absolute atomic E-state index is 0.0778. The van der Waals surface area contributed by atoms with Crippen molar-refractivity contribution in [2.24, 2.45) is 5.92 Å². The first-order valence-electron chi connectivity index (χ1n) is 7.83. The van der Waals surface area contributed by atoms with E-state index >= 15 is 0 Å². The van der Waals surface area contributed by atoms with Gasteiger partial charge in [0.2, 0.25) is 5.91 Å². The maximum Gasteiger partial charge on any atom is 0.266 e. The molecule has 23 heavy (non-hydrogen) atoms. The Morgan fingerprint density at radius 3 is 2.61 bits per heavy atom. The lowest BCUT2D eigenvalue weighted by Gasteiger charge is -2.15. The maximum absolute atomic E-state index is 11.9. The molecule has 3 N–H and O–H groups in total. The first-order valence-corrected chi connectivity index (χ1v) is 7.83. The second-order valence-corrected chi connectivity index (χ2v) is 6.16. The molecule has 0 bridgehead atoms. The molecule has 0 aliphatic carbocycles. The Labute approximate surface area is 136 Å². The van der Waals surface area contributed by atoms with Crippen LogP contribution in [0.5, 0.6) is 0 Å². The van der Waals surface area contributed by atoms with Gasteiger partial charge in [0, 0.05) is 18.7 Å². The Hall–Kier alpha value is -2.13. The van der Waals surface area contributed by atoms with E-state index in [2.05, 4.69) is 10.3 Å². The van der Waals surface area contributed by atoms with Crippen LogP contribution >= 0.6 is 0 Å². The average molecular weight is 319 g/mol. The van der Waals surface area contributed by atoms with Gasteiger partial charge < -0.3 is 15.4 Å². The molecule has 6 nitrogen and oxygen atoms in total. The van der Waals surface area contributed by atoms with Gasteiger partial charge in [0.05, 0.1) is 6.10 Å². The van der Waals surface area contributed by atoms with Crippen LogP contribution in [0.1, 0.15) is 49.1 Å². The number of nitriles is 1. The molecule has 0 aliphatic heterocycles. The number of carbonyl (C=O) groups is 1. The zero-order valence-corrected chi connectivity index (χ0v) is 14.2. The molecule has 6 heteroatoms. The SMILES string of the molecule is Cc1[nH]c(=O)c(C#N)c(C)c1CCC(=O)NCC(C)CC(C)O. The lowest BCUT2D eigenvalue weighted by molar-refractivity contribution is -0.121. The smallest absolute Gasteiger partial charge is 0.266 e. The van der Waals surface area contributed by atoms with Gasteiger partial charge in [-0.2, -0.15) is 5.26 Å². The summed E-state index contributed by atoms with van der Waals surface area (Å²) in [7, 11) is 0. The molecule has 126 valence electrons.